The van der Waals surface area contributed by atoms with E-state index in [0.717, 1.165) is 31.4 Å². The monoisotopic (exact) mass is 350 g/mol. The third kappa shape index (κ3) is 2.45. The Labute approximate surface area is 147 Å². The average molecular weight is 350 g/mol. The maximum absolute atomic E-state index is 10.8. The van der Waals surface area contributed by atoms with E-state index in [1.165, 1.54) is 6.33 Å². The third-order valence-electron chi connectivity index (χ3n) is 4.02. The van der Waals surface area contributed by atoms with E-state index in [4.69, 9.17) is 10.5 Å². The molecule has 0 aliphatic carbocycles. The van der Waals surface area contributed by atoms with Gasteiger partial charge in [-0.1, -0.05) is 24.3 Å². The van der Waals surface area contributed by atoms with E-state index >= 15 is 0 Å². The van der Waals surface area contributed by atoms with Crippen molar-refractivity contribution in [3.8, 4) is 16.9 Å². The quantitative estimate of drug-likeness (QED) is 0.548. The van der Waals surface area contributed by atoms with Crippen molar-refractivity contribution in [2.75, 3.05) is 18.2 Å². The summed E-state index contributed by atoms with van der Waals surface area (Å²) in [7, 11) is 1.59. The molecule has 6 nitrogen and oxygen atoms in total. The second kappa shape index (κ2) is 6.03. The van der Waals surface area contributed by atoms with E-state index in [9.17, 15) is 4.79 Å². The number of carbonyl (C=O) groups is 1. The molecule has 0 saturated carbocycles. The van der Waals surface area contributed by atoms with Crippen LogP contribution in [0.1, 0.15) is 0 Å². The first-order valence-electron chi connectivity index (χ1n) is 7.53. The Hall–Kier alpha value is -3.19. The van der Waals surface area contributed by atoms with E-state index in [0.29, 0.717) is 23.7 Å². The van der Waals surface area contributed by atoms with Gasteiger partial charge in [0.15, 0.2) is 0 Å². The number of hydrogen-bond donors (Lipinski definition) is 2. The second-order valence-corrected chi connectivity index (χ2v) is 6.45. The zero-order valence-corrected chi connectivity index (χ0v) is 14.1. The summed E-state index contributed by atoms with van der Waals surface area (Å²) in [5.41, 5.74) is 9.34. The lowest BCUT2D eigenvalue weighted by Crippen LogP contribution is -1.98. The zero-order valence-electron chi connectivity index (χ0n) is 13.3. The van der Waals surface area contributed by atoms with Gasteiger partial charge in [0.2, 0.25) is 6.41 Å². The van der Waals surface area contributed by atoms with Crippen molar-refractivity contribution in [3.63, 3.8) is 0 Å². The largest absolute Gasteiger partial charge is 0.494 e. The fourth-order valence-corrected chi connectivity index (χ4v) is 4.02. The number of fused-ring (bicyclic) bond motifs is 3. The van der Waals surface area contributed by atoms with E-state index in [-0.39, 0.29) is 0 Å². The molecule has 2 aromatic carbocycles. The zero-order chi connectivity index (χ0) is 17.4. The number of nitrogen functional groups attached to an aromatic ring is 1. The molecule has 0 spiro atoms. The van der Waals surface area contributed by atoms with E-state index < -0.39 is 0 Å². The van der Waals surface area contributed by atoms with Crippen molar-refractivity contribution in [1.82, 2.24) is 9.97 Å². The minimum absolute atomic E-state index is 0.488. The number of methoxy groups -OCH3 is 1. The van der Waals surface area contributed by atoms with Crippen LogP contribution >= 0.6 is 11.3 Å². The van der Waals surface area contributed by atoms with E-state index in [1.54, 1.807) is 24.5 Å². The van der Waals surface area contributed by atoms with Crippen molar-refractivity contribution in [3.05, 3.63) is 42.7 Å². The molecule has 1 amide bonds. The van der Waals surface area contributed by atoms with Gasteiger partial charge in [0.25, 0.3) is 0 Å². The SMILES string of the molecule is COc1c(NC=O)cccc1-c1ccc2c(c1)sc1c(N)ncnc12. The van der Waals surface area contributed by atoms with Crippen molar-refractivity contribution in [1.29, 1.82) is 0 Å². The number of rotatable bonds is 4. The predicted molar refractivity (Wildman–Crippen MR) is 101 cm³/mol. The lowest BCUT2D eigenvalue weighted by molar-refractivity contribution is -0.105. The summed E-state index contributed by atoms with van der Waals surface area (Å²) in [6.45, 7) is 0. The van der Waals surface area contributed by atoms with Crippen LogP contribution in [0.15, 0.2) is 42.7 Å². The molecular formula is C18H14N4O2S. The summed E-state index contributed by atoms with van der Waals surface area (Å²) in [6.07, 6.45) is 2.12. The molecule has 0 bridgehead atoms. The maximum atomic E-state index is 10.8. The fraction of sp³-hybridized carbons (Fsp3) is 0.0556. The number of anilines is 2. The Bertz CT molecular complexity index is 1110. The number of ether oxygens (including phenoxy) is 1. The maximum Gasteiger partial charge on any atom is 0.211 e. The van der Waals surface area contributed by atoms with Crippen LogP contribution in [0.4, 0.5) is 11.5 Å². The average Bonchev–Trinajstić information content (AvgIpc) is 3.01. The summed E-state index contributed by atoms with van der Waals surface area (Å²) in [5, 5.41) is 3.71. The van der Waals surface area contributed by atoms with Crippen LogP contribution in [0.25, 0.3) is 31.4 Å². The number of benzene rings is 2. The minimum Gasteiger partial charge on any atom is -0.494 e. The van der Waals surface area contributed by atoms with Crippen LogP contribution in [0.3, 0.4) is 0 Å². The van der Waals surface area contributed by atoms with E-state index in [2.05, 4.69) is 21.4 Å². The summed E-state index contributed by atoms with van der Waals surface area (Å²) in [5.74, 6) is 1.11. The highest BCUT2D eigenvalue weighted by Crippen LogP contribution is 2.40. The Morgan fingerprint density at radius 1 is 1.24 bits per heavy atom. The Balaban J connectivity index is 1.93. The Morgan fingerprint density at radius 2 is 2.12 bits per heavy atom. The van der Waals surface area contributed by atoms with Crippen molar-refractivity contribution < 1.29 is 9.53 Å². The number of aromatic nitrogens is 2. The first-order valence-corrected chi connectivity index (χ1v) is 8.35. The lowest BCUT2D eigenvalue weighted by atomic mass is 10.0. The van der Waals surface area contributed by atoms with Gasteiger partial charge in [-0.2, -0.15) is 0 Å². The van der Waals surface area contributed by atoms with Crippen LogP contribution in [-0.4, -0.2) is 23.5 Å². The fourth-order valence-electron chi connectivity index (χ4n) is 2.92. The first-order chi connectivity index (χ1) is 12.2. The summed E-state index contributed by atoms with van der Waals surface area (Å²) in [4.78, 5) is 19.2. The number of thiophene rings is 1. The highest BCUT2D eigenvalue weighted by atomic mass is 32.1. The van der Waals surface area contributed by atoms with Crippen molar-refractivity contribution >= 4 is 49.6 Å². The number of carbonyl (C=O) groups excluding carboxylic acids is 1. The number of hydrogen-bond acceptors (Lipinski definition) is 6. The predicted octanol–water partition coefficient (Wildman–Crippen LogP) is 3.67. The summed E-state index contributed by atoms with van der Waals surface area (Å²) < 4.78 is 7.47. The van der Waals surface area contributed by atoms with Crippen LogP contribution in [0.5, 0.6) is 5.75 Å². The third-order valence-corrected chi connectivity index (χ3v) is 5.19. The van der Waals surface area contributed by atoms with Gasteiger partial charge in [0.05, 0.1) is 23.0 Å². The van der Waals surface area contributed by atoms with Crippen molar-refractivity contribution in [2.24, 2.45) is 0 Å². The standard InChI is InChI=1S/C18H14N4O2S/c1-24-16-11(3-2-4-13(16)22-9-23)10-5-6-12-14(7-10)25-17-15(12)20-8-21-18(17)19/h2-9H,1H3,(H,22,23)(H2,19,20,21). The van der Waals surface area contributed by atoms with Gasteiger partial charge in [-0.25, -0.2) is 9.97 Å². The molecule has 0 fully saturated rings. The summed E-state index contributed by atoms with van der Waals surface area (Å²) in [6, 6.07) is 11.7. The molecular weight excluding hydrogens is 336 g/mol. The van der Waals surface area contributed by atoms with Crippen molar-refractivity contribution in [2.45, 2.75) is 0 Å². The van der Waals surface area contributed by atoms with Crippen LogP contribution in [0.2, 0.25) is 0 Å². The normalized spacial score (nSPS) is 10.9. The molecule has 0 radical (unpaired) electrons. The molecule has 7 heteroatoms. The number of para-hydroxylation sites is 1. The highest BCUT2D eigenvalue weighted by Gasteiger charge is 2.14. The molecule has 0 saturated heterocycles. The number of nitrogens with two attached hydrogens (primary N) is 1. The highest BCUT2D eigenvalue weighted by molar-refractivity contribution is 7.26. The van der Waals surface area contributed by atoms with Gasteiger partial charge in [0, 0.05) is 15.6 Å². The molecule has 0 aliphatic rings. The van der Waals surface area contributed by atoms with Gasteiger partial charge in [0.1, 0.15) is 17.9 Å². The van der Waals surface area contributed by atoms with E-state index in [1.807, 2.05) is 24.3 Å². The topological polar surface area (TPSA) is 90.1 Å². The Morgan fingerprint density at radius 3 is 2.92 bits per heavy atom. The lowest BCUT2D eigenvalue weighted by Gasteiger charge is -2.13. The van der Waals surface area contributed by atoms with Gasteiger partial charge in [-0.15, -0.1) is 11.3 Å². The molecule has 2 heterocycles. The van der Waals surface area contributed by atoms with Crippen LogP contribution in [0, 0.1) is 0 Å². The van der Waals surface area contributed by atoms with Crippen LogP contribution in [-0.2, 0) is 4.79 Å². The second-order valence-electron chi connectivity index (χ2n) is 5.40. The molecule has 3 N–H and O–H groups in total. The number of amides is 1. The number of nitrogens with one attached hydrogen (secondary N) is 1. The first kappa shape index (κ1) is 15.3. The minimum atomic E-state index is 0.488. The van der Waals surface area contributed by atoms with Gasteiger partial charge < -0.3 is 15.8 Å². The van der Waals surface area contributed by atoms with Gasteiger partial charge in [-0.05, 0) is 17.7 Å². The van der Waals surface area contributed by atoms with Gasteiger partial charge in [-0.3, -0.25) is 4.79 Å². The molecule has 124 valence electrons. The Kier molecular flexibility index (Phi) is 3.70. The molecule has 0 aliphatic heterocycles. The molecule has 25 heavy (non-hydrogen) atoms. The molecule has 0 atom stereocenters. The molecule has 4 aromatic rings. The molecule has 0 unspecified atom stereocenters. The van der Waals surface area contributed by atoms with Crippen LogP contribution < -0.4 is 15.8 Å². The molecule has 2 aromatic heterocycles. The smallest absolute Gasteiger partial charge is 0.211 e. The number of nitrogens with zero attached hydrogens (tertiary/aromatic N) is 2. The molecule has 4 rings (SSSR count). The van der Waals surface area contributed by atoms with Gasteiger partial charge >= 0.3 is 0 Å². The summed E-state index contributed by atoms with van der Waals surface area (Å²) >= 11 is 1.56.